The zero-order chi connectivity index (χ0) is 15.4. The lowest BCUT2D eigenvalue weighted by Gasteiger charge is -2.25. The second-order valence-electron chi connectivity index (χ2n) is 4.85. The summed E-state index contributed by atoms with van der Waals surface area (Å²) in [4.78, 5) is 14.5. The molecule has 1 heterocycles. The SMILES string of the molecule is CN(C)C(CNC(=O)c1ccc(Cl)s1)c1cccc(F)c1. The highest BCUT2D eigenvalue weighted by molar-refractivity contribution is 7.17. The van der Waals surface area contributed by atoms with Gasteiger partial charge in [0, 0.05) is 6.54 Å². The van der Waals surface area contributed by atoms with Crippen molar-refractivity contribution in [3.63, 3.8) is 0 Å². The average molecular weight is 327 g/mol. The summed E-state index contributed by atoms with van der Waals surface area (Å²) in [5, 5.41) is 2.86. The van der Waals surface area contributed by atoms with Crippen LogP contribution < -0.4 is 5.32 Å². The maximum atomic E-state index is 13.3. The van der Waals surface area contributed by atoms with Gasteiger partial charge in [-0.3, -0.25) is 4.79 Å². The molecule has 0 bridgehead atoms. The zero-order valence-electron chi connectivity index (χ0n) is 11.8. The number of thiophene rings is 1. The van der Waals surface area contributed by atoms with Crippen molar-refractivity contribution in [1.29, 1.82) is 0 Å². The van der Waals surface area contributed by atoms with Gasteiger partial charge in [0.15, 0.2) is 0 Å². The van der Waals surface area contributed by atoms with Gasteiger partial charge in [-0.15, -0.1) is 11.3 Å². The van der Waals surface area contributed by atoms with Crippen molar-refractivity contribution >= 4 is 28.8 Å². The van der Waals surface area contributed by atoms with E-state index in [1.807, 2.05) is 25.1 Å². The molecule has 1 N–H and O–H groups in total. The van der Waals surface area contributed by atoms with Gasteiger partial charge in [-0.2, -0.15) is 0 Å². The van der Waals surface area contributed by atoms with Crippen LogP contribution in [0.1, 0.15) is 21.3 Å². The number of hydrogen-bond donors (Lipinski definition) is 1. The van der Waals surface area contributed by atoms with Crippen molar-refractivity contribution in [2.45, 2.75) is 6.04 Å². The number of rotatable bonds is 5. The Bertz CT molecular complexity index is 630. The summed E-state index contributed by atoms with van der Waals surface area (Å²) in [6.07, 6.45) is 0. The molecule has 2 aromatic rings. The van der Waals surface area contributed by atoms with Gasteiger partial charge in [-0.1, -0.05) is 23.7 Å². The predicted molar refractivity (Wildman–Crippen MR) is 84.5 cm³/mol. The normalized spacial score (nSPS) is 12.4. The smallest absolute Gasteiger partial charge is 0.261 e. The molecule has 1 amide bonds. The Labute approximate surface area is 132 Å². The molecule has 112 valence electrons. The zero-order valence-corrected chi connectivity index (χ0v) is 13.3. The van der Waals surface area contributed by atoms with Crippen LogP contribution in [-0.4, -0.2) is 31.4 Å². The van der Waals surface area contributed by atoms with E-state index in [4.69, 9.17) is 11.6 Å². The van der Waals surface area contributed by atoms with E-state index < -0.39 is 0 Å². The standard InChI is InChI=1S/C15H16ClFN2OS/c1-19(2)12(10-4-3-5-11(17)8-10)9-18-15(20)13-6-7-14(16)21-13/h3-8,12H,9H2,1-2H3,(H,18,20). The lowest BCUT2D eigenvalue weighted by Crippen LogP contribution is -2.34. The molecule has 0 saturated carbocycles. The highest BCUT2D eigenvalue weighted by Crippen LogP contribution is 2.22. The van der Waals surface area contributed by atoms with Gasteiger partial charge in [-0.05, 0) is 43.9 Å². The molecule has 0 fully saturated rings. The Balaban J connectivity index is 2.05. The molecule has 0 saturated heterocycles. The summed E-state index contributed by atoms with van der Waals surface area (Å²) < 4.78 is 13.9. The Kier molecular flexibility index (Phi) is 5.33. The van der Waals surface area contributed by atoms with Crippen LogP contribution in [0.2, 0.25) is 4.34 Å². The van der Waals surface area contributed by atoms with Crippen LogP contribution in [0.3, 0.4) is 0 Å². The summed E-state index contributed by atoms with van der Waals surface area (Å²) in [5.41, 5.74) is 0.824. The molecule has 6 heteroatoms. The summed E-state index contributed by atoms with van der Waals surface area (Å²) in [5.74, 6) is -0.453. The van der Waals surface area contributed by atoms with E-state index in [-0.39, 0.29) is 17.8 Å². The summed E-state index contributed by atoms with van der Waals surface area (Å²) in [6.45, 7) is 0.394. The van der Waals surface area contributed by atoms with Gasteiger partial charge < -0.3 is 10.2 Å². The minimum atomic E-state index is -0.282. The molecule has 1 aromatic carbocycles. The molecule has 21 heavy (non-hydrogen) atoms. The van der Waals surface area contributed by atoms with Crippen molar-refractivity contribution < 1.29 is 9.18 Å². The second kappa shape index (κ2) is 7.02. The molecular weight excluding hydrogens is 311 g/mol. The minimum absolute atomic E-state index is 0.0971. The first-order valence-electron chi connectivity index (χ1n) is 6.43. The van der Waals surface area contributed by atoms with Crippen LogP contribution in [0.15, 0.2) is 36.4 Å². The van der Waals surface area contributed by atoms with Gasteiger partial charge >= 0.3 is 0 Å². The van der Waals surface area contributed by atoms with Crippen LogP contribution in [0.4, 0.5) is 4.39 Å². The molecular formula is C15H16ClFN2OS. The van der Waals surface area contributed by atoms with Gasteiger partial charge in [0.2, 0.25) is 0 Å². The number of benzene rings is 1. The number of amides is 1. The molecule has 0 aliphatic heterocycles. The Morgan fingerprint density at radius 2 is 2.14 bits per heavy atom. The molecule has 0 radical (unpaired) electrons. The van der Waals surface area contributed by atoms with Gasteiger partial charge in [-0.25, -0.2) is 4.39 Å². The second-order valence-corrected chi connectivity index (χ2v) is 6.56. The Morgan fingerprint density at radius 1 is 1.38 bits per heavy atom. The van der Waals surface area contributed by atoms with Gasteiger partial charge in [0.05, 0.1) is 15.3 Å². The van der Waals surface area contributed by atoms with E-state index in [0.717, 1.165) is 5.56 Å². The quantitative estimate of drug-likeness (QED) is 0.911. The molecule has 0 aliphatic rings. The number of carbonyl (C=O) groups excluding carboxylic acids is 1. The van der Waals surface area contributed by atoms with Crippen LogP contribution in [0.25, 0.3) is 0 Å². The Morgan fingerprint density at radius 3 is 2.71 bits per heavy atom. The van der Waals surface area contributed by atoms with Crippen LogP contribution in [0.5, 0.6) is 0 Å². The third kappa shape index (κ3) is 4.27. The summed E-state index contributed by atoms with van der Waals surface area (Å²) in [6, 6.07) is 9.69. The molecule has 0 aliphatic carbocycles. The number of halogens is 2. The van der Waals surface area contributed by atoms with Crippen molar-refractivity contribution in [3.8, 4) is 0 Å². The first-order valence-corrected chi connectivity index (χ1v) is 7.62. The van der Waals surface area contributed by atoms with Crippen molar-refractivity contribution in [3.05, 3.63) is 57.0 Å². The molecule has 2 rings (SSSR count). The number of likely N-dealkylation sites (N-methyl/N-ethyl adjacent to an activating group) is 1. The maximum absolute atomic E-state index is 13.3. The molecule has 3 nitrogen and oxygen atoms in total. The molecule has 1 unspecified atom stereocenters. The third-order valence-electron chi connectivity index (χ3n) is 3.11. The highest BCUT2D eigenvalue weighted by Gasteiger charge is 2.17. The molecule has 0 spiro atoms. The van der Waals surface area contributed by atoms with Gasteiger partial charge in [0.1, 0.15) is 5.82 Å². The largest absolute Gasteiger partial charge is 0.349 e. The van der Waals surface area contributed by atoms with Crippen LogP contribution in [0, 0.1) is 5.82 Å². The van der Waals surface area contributed by atoms with E-state index in [2.05, 4.69) is 5.32 Å². The lowest BCUT2D eigenvalue weighted by molar-refractivity contribution is 0.0946. The maximum Gasteiger partial charge on any atom is 0.261 e. The summed E-state index contributed by atoms with van der Waals surface area (Å²) >= 11 is 7.05. The number of nitrogens with zero attached hydrogens (tertiary/aromatic N) is 1. The van der Waals surface area contributed by atoms with Crippen molar-refractivity contribution in [2.75, 3.05) is 20.6 Å². The monoisotopic (exact) mass is 326 g/mol. The third-order valence-corrected chi connectivity index (χ3v) is 4.34. The van der Waals surface area contributed by atoms with Crippen molar-refractivity contribution in [1.82, 2.24) is 10.2 Å². The average Bonchev–Trinajstić information content (AvgIpc) is 2.85. The number of nitrogens with one attached hydrogen (secondary N) is 1. The molecule has 1 atom stereocenters. The van der Waals surface area contributed by atoms with Crippen molar-refractivity contribution in [2.24, 2.45) is 0 Å². The van der Waals surface area contributed by atoms with E-state index in [1.54, 1.807) is 18.2 Å². The van der Waals surface area contributed by atoms with E-state index in [0.29, 0.717) is 15.8 Å². The fourth-order valence-corrected chi connectivity index (χ4v) is 2.98. The fraction of sp³-hybridized carbons (Fsp3) is 0.267. The Hall–Kier alpha value is -1.43. The van der Waals surface area contributed by atoms with Crippen LogP contribution >= 0.6 is 22.9 Å². The lowest BCUT2D eigenvalue weighted by atomic mass is 10.1. The number of carbonyl (C=O) groups is 1. The van der Waals surface area contributed by atoms with Gasteiger partial charge in [0.25, 0.3) is 5.91 Å². The van der Waals surface area contributed by atoms with E-state index in [9.17, 15) is 9.18 Å². The first-order chi connectivity index (χ1) is 9.97. The minimum Gasteiger partial charge on any atom is -0.349 e. The van der Waals surface area contributed by atoms with E-state index in [1.165, 1.54) is 23.5 Å². The van der Waals surface area contributed by atoms with Crippen LogP contribution in [-0.2, 0) is 0 Å². The molecule has 1 aromatic heterocycles. The van der Waals surface area contributed by atoms with E-state index >= 15 is 0 Å². The fourth-order valence-electron chi connectivity index (χ4n) is 2.03. The summed E-state index contributed by atoms with van der Waals surface area (Å²) in [7, 11) is 3.79. The number of hydrogen-bond acceptors (Lipinski definition) is 3. The predicted octanol–water partition coefficient (Wildman–Crippen LogP) is 3.57. The highest BCUT2D eigenvalue weighted by atomic mass is 35.5. The first kappa shape index (κ1) is 15.9. The topological polar surface area (TPSA) is 32.3 Å².